The van der Waals surface area contributed by atoms with Crippen LogP contribution in [0.5, 0.6) is 17.2 Å². The first kappa shape index (κ1) is 16.6. The Morgan fingerprint density at radius 1 is 0.731 bits per heavy atom. The van der Waals surface area contributed by atoms with E-state index < -0.39 is 5.79 Å². The number of aryl methyl sites for hydroxylation is 1. The number of phenols is 1. The van der Waals surface area contributed by atoms with Crippen molar-refractivity contribution in [3.05, 3.63) is 89.5 Å². The molecule has 1 heterocycles. The normalized spacial score (nSPS) is 15.7. The molecule has 1 aliphatic rings. The zero-order valence-corrected chi connectivity index (χ0v) is 14.5. The molecule has 0 aliphatic carbocycles. The summed E-state index contributed by atoms with van der Waals surface area (Å²) in [4.78, 5) is 0. The lowest BCUT2D eigenvalue weighted by Gasteiger charge is -2.28. The molecule has 0 atom stereocenters. The van der Waals surface area contributed by atoms with Gasteiger partial charge < -0.3 is 19.3 Å². The van der Waals surface area contributed by atoms with Crippen LogP contribution in [0.1, 0.15) is 16.7 Å². The summed E-state index contributed by atoms with van der Waals surface area (Å²) in [5, 5.41) is 9.35. The highest BCUT2D eigenvalue weighted by atomic mass is 16.7. The average molecular weight is 348 g/mol. The maximum Gasteiger partial charge on any atom is 0.222 e. The van der Waals surface area contributed by atoms with E-state index in [0.717, 1.165) is 11.1 Å². The van der Waals surface area contributed by atoms with E-state index in [9.17, 15) is 5.11 Å². The Balaban J connectivity index is 1.61. The van der Waals surface area contributed by atoms with E-state index in [2.05, 4.69) is 19.1 Å². The Hall–Kier alpha value is -2.82. The highest BCUT2D eigenvalue weighted by Gasteiger charge is 2.40. The van der Waals surface area contributed by atoms with Gasteiger partial charge in [0.1, 0.15) is 17.2 Å². The number of hydrogen-bond acceptors (Lipinski definition) is 4. The maximum absolute atomic E-state index is 9.35. The quantitative estimate of drug-likeness (QED) is 0.740. The molecule has 0 bridgehead atoms. The molecule has 4 heteroatoms. The summed E-state index contributed by atoms with van der Waals surface area (Å²) in [6, 6.07) is 22.5. The molecular weight excluding hydrogens is 328 g/mol. The minimum atomic E-state index is -0.870. The fourth-order valence-corrected chi connectivity index (χ4v) is 3.08. The lowest BCUT2D eigenvalue weighted by atomic mass is 9.96. The average Bonchev–Trinajstić information content (AvgIpc) is 3.16. The molecule has 0 radical (unpaired) electrons. The van der Waals surface area contributed by atoms with Crippen LogP contribution in [0.15, 0.2) is 72.8 Å². The smallest absolute Gasteiger partial charge is 0.222 e. The van der Waals surface area contributed by atoms with Crippen LogP contribution in [0.4, 0.5) is 0 Å². The number of ether oxygens (including phenoxy) is 3. The molecule has 3 aromatic carbocycles. The van der Waals surface area contributed by atoms with Gasteiger partial charge in [0.25, 0.3) is 0 Å². The van der Waals surface area contributed by atoms with Gasteiger partial charge in [-0.1, -0.05) is 29.8 Å². The number of benzene rings is 3. The second-order valence-electron chi connectivity index (χ2n) is 6.30. The van der Waals surface area contributed by atoms with Crippen molar-refractivity contribution in [3.63, 3.8) is 0 Å². The zero-order valence-electron chi connectivity index (χ0n) is 14.5. The van der Waals surface area contributed by atoms with Crippen LogP contribution in [0.2, 0.25) is 0 Å². The Morgan fingerprint density at radius 3 is 1.73 bits per heavy atom. The molecule has 0 amide bonds. The van der Waals surface area contributed by atoms with Crippen molar-refractivity contribution in [3.8, 4) is 17.2 Å². The second-order valence-corrected chi connectivity index (χ2v) is 6.30. The van der Waals surface area contributed by atoms with Crippen LogP contribution in [0.25, 0.3) is 0 Å². The Morgan fingerprint density at radius 2 is 1.19 bits per heavy atom. The molecule has 132 valence electrons. The number of rotatable bonds is 4. The summed E-state index contributed by atoms with van der Waals surface area (Å²) in [7, 11) is 0. The van der Waals surface area contributed by atoms with Crippen LogP contribution in [0, 0.1) is 6.92 Å². The lowest BCUT2D eigenvalue weighted by molar-refractivity contribution is -0.129. The molecule has 1 aliphatic heterocycles. The van der Waals surface area contributed by atoms with Crippen molar-refractivity contribution >= 4 is 0 Å². The van der Waals surface area contributed by atoms with E-state index in [1.807, 2.05) is 36.4 Å². The van der Waals surface area contributed by atoms with E-state index in [-0.39, 0.29) is 5.75 Å². The van der Waals surface area contributed by atoms with Crippen molar-refractivity contribution < 1.29 is 19.3 Å². The zero-order chi connectivity index (χ0) is 18.0. The minimum Gasteiger partial charge on any atom is -0.508 e. The van der Waals surface area contributed by atoms with Gasteiger partial charge in [-0.25, -0.2) is 0 Å². The summed E-state index contributed by atoms with van der Waals surface area (Å²) in [6.07, 6.45) is 0. The number of phenolic OH excluding ortho intramolecular Hbond substituents is 1. The Labute approximate surface area is 152 Å². The Kier molecular flexibility index (Phi) is 4.37. The predicted molar refractivity (Wildman–Crippen MR) is 98.5 cm³/mol. The number of hydrogen-bond donors (Lipinski definition) is 1. The first-order chi connectivity index (χ1) is 12.7. The molecule has 0 spiro atoms. The van der Waals surface area contributed by atoms with Crippen molar-refractivity contribution in [2.24, 2.45) is 0 Å². The fraction of sp³-hybridized carbons (Fsp3) is 0.182. The van der Waals surface area contributed by atoms with Crippen LogP contribution < -0.4 is 4.74 Å². The third-order valence-corrected chi connectivity index (χ3v) is 4.43. The maximum atomic E-state index is 9.35. The predicted octanol–water partition coefficient (Wildman–Crippen LogP) is 4.74. The van der Waals surface area contributed by atoms with Gasteiger partial charge in [0.2, 0.25) is 5.79 Å². The van der Waals surface area contributed by atoms with Crippen LogP contribution in [-0.2, 0) is 15.3 Å². The minimum absolute atomic E-state index is 0.211. The highest BCUT2D eigenvalue weighted by Crippen LogP contribution is 2.39. The molecule has 0 aromatic heterocycles. The molecule has 1 N–H and O–H groups in total. The Bertz CT molecular complexity index is 862. The molecule has 26 heavy (non-hydrogen) atoms. The fourth-order valence-electron chi connectivity index (χ4n) is 3.08. The molecule has 4 rings (SSSR count). The monoisotopic (exact) mass is 348 g/mol. The van der Waals surface area contributed by atoms with E-state index in [1.165, 1.54) is 5.56 Å². The summed E-state index contributed by atoms with van der Waals surface area (Å²) >= 11 is 0. The molecule has 1 fully saturated rings. The third kappa shape index (κ3) is 3.17. The van der Waals surface area contributed by atoms with E-state index >= 15 is 0 Å². The van der Waals surface area contributed by atoms with E-state index in [0.29, 0.717) is 24.7 Å². The summed E-state index contributed by atoms with van der Waals surface area (Å²) in [5.41, 5.74) is 3.10. The van der Waals surface area contributed by atoms with Gasteiger partial charge in [-0.15, -0.1) is 0 Å². The second kappa shape index (κ2) is 6.83. The van der Waals surface area contributed by atoms with E-state index in [1.54, 1.807) is 24.3 Å². The van der Waals surface area contributed by atoms with Gasteiger partial charge in [-0.3, -0.25) is 0 Å². The SMILES string of the molecule is Cc1ccc(C2(c3ccc(Oc4ccc(O)cc4)cc3)OCCO2)cc1. The summed E-state index contributed by atoms with van der Waals surface area (Å²) < 4.78 is 17.9. The molecule has 4 nitrogen and oxygen atoms in total. The van der Waals surface area contributed by atoms with Gasteiger partial charge in [0.15, 0.2) is 0 Å². The van der Waals surface area contributed by atoms with Crippen molar-refractivity contribution in [2.75, 3.05) is 13.2 Å². The summed E-state index contributed by atoms with van der Waals surface area (Å²) in [6.45, 7) is 3.17. The first-order valence-electron chi connectivity index (χ1n) is 8.58. The topological polar surface area (TPSA) is 47.9 Å². The van der Waals surface area contributed by atoms with Crippen molar-refractivity contribution in [1.29, 1.82) is 0 Å². The number of aromatic hydroxyl groups is 1. The van der Waals surface area contributed by atoms with Crippen LogP contribution >= 0.6 is 0 Å². The molecule has 3 aromatic rings. The summed E-state index contributed by atoms with van der Waals surface area (Å²) in [5.74, 6) is 0.710. The van der Waals surface area contributed by atoms with Crippen LogP contribution in [0.3, 0.4) is 0 Å². The van der Waals surface area contributed by atoms with Gasteiger partial charge in [-0.05, 0) is 55.5 Å². The molecular formula is C22H20O4. The van der Waals surface area contributed by atoms with Gasteiger partial charge >= 0.3 is 0 Å². The molecule has 0 saturated carbocycles. The standard InChI is InChI=1S/C22H20O4/c1-16-2-4-17(5-3-16)22(24-14-15-25-22)18-6-10-20(11-7-18)26-21-12-8-19(23)9-13-21/h2-13,23H,14-15H2,1H3. The van der Waals surface area contributed by atoms with E-state index in [4.69, 9.17) is 14.2 Å². The van der Waals surface area contributed by atoms with Gasteiger partial charge in [0, 0.05) is 11.1 Å². The lowest BCUT2D eigenvalue weighted by Crippen LogP contribution is -2.28. The molecule has 1 saturated heterocycles. The third-order valence-electron chi connectivity index (χ3n) is 4.43. The highest BCUT2D eigenvalue weighted by molar-refractivity contribution is 5.40. The largest absolute Gasteiger partial charge is 0.508 e. The van der Waals surface area contributed by atoms with Crippen LogP contribution in [-0.4, -0.2) is 18.3 Å². The van der Waals surface area contributed by atoms with Gasteiger partial charge in [-0.2, -0.15) is 0 Å². The van der Waals surface area contributed by atoms with Crippen molar-refractivity contribution in [2.45, 2.75) is 12.7 Å². The van der Waals surface area contributed by atoms with Crippen molar-refractivity contribution in [1.82, 2.24) is 0 Å². The van der Waals surface area contributed by atoms with Gasteiger partial charge in [0.05, 0.1) is 13.2 Å². The molecule has 0 unspecified atom stereocenters. The first-order valence-corrected chi connectivity index (χ1v) is 8.58.